The molecule has 1 fully saturated rings. The van der Waals surface area contributed by atoms with Gasteiger partial charge in [0, 0.05) is 37.4 Å². The molecule has 140 valence electrons. The molecule has 3 aromatic rings. The van der Waals surface area contributed by atoms with Crippen molar-refractivity contribution in [3.05, 3.63) is 52.5 Å². The Kier molecular flexibility index (Phi) is 5.01. The summed E-state index contributed by atoms with van der Waals surface area (Å²) in [5.74, 6) is 1.31. The molecule has 4 heterocycles. The number of aromatic nitrogens is 3. The number of carbonyl (C=O) groups excluding carboxylic acids is 1. The van der Waals surface area contributed by atoms with Gasteiger partial charge in [0.2, 0.25) is 0 Å². The number of nitrogens with one attached hydrogen (secondary N) is 2. The zero-order valence-electron chi connectivity index (χ0n) is 14.7. The molecule has 4 rings (SSSR count). The maximum absolute atomic E-state index is 12.3. The molecule has 8 nitrogen and oxygen atoms in total. The molecule has 0 aliphatic carbocycles. The van der Waals surface area contributed by atoms with Gasteiger partial charge in [-0.2, -0.15) is 0 Å². The molecule has 3 aromatic heterocycles. The maximum atomic E-state index is 12.3. The Balaban J connectivity index is 1.33. The van der Waals surface area contributed by atoms with E-state index in [1.165, 1.54) is 21.9 Å². The normalized spacial score (nSPS) is 17.0. The number of nitrogens with zero attached hydrogens (tertiary/aromatic N) is 4. The molecule has 1 aliphatic heterocycles. The number of piperidine rings is 1. The number of hydrogen-bond acceptors (Lipinski definition) is 6. The number of anilines is 2. The minimum atomic E-state index is -0.390. The predicted molar refractivity (Wildman–Crippen MR) is 106 cm³/mol. The van der Waals surface area contributed by atoms with Crippen LogP contribution in [0.4, 0.5) is 16.3 Å². The molecule has 0 radical (unpaired) electrons. The van der Waals surface area contributed by atoms with Crippen molar-refractivity contribution in [3.8, 4) is 0 Å². The second-order valence-electron chi connectivity index (χ2n) is 6.51. The van der Waals surface area contributed by atoms with Gasteiger partial charge < -0.3 is 15.5 Å². The summed E-state index contributed by atoms with van der Waals surface area (Å²) in [5, 5.41) is 7.26. The molecule has 0 bridgehead atoms. The van der Waals surface area contributed by atoms with Crippen molar-refractivity contribution in [2.45, 2.75) is 12.8 Å². The zero-order valence-corrected chi connectivity index (χ0v) is 15.5. The summed E-state index contributed by atoms with van der Waals surface area (Å²) in [4.78, 5) is 35.9. The minimum absolute atomic E-state index is 0.169. The first-order valence-corrected chi connectivity index (χ1v) is 9.74. The topological polar surface area (TPSA) is 91.6 Å². The average molecular weight is 384 g/mol. The van der Waals surface area contributed by atoms with Crippen molar-refractivity contribution in [1.29, 1.82) is 0 Å². The fourth-order valence-corrected chi connectivity index (χ4v) is 3.97. The van der Waals surface area contributed by atoms with Crippen molar-refractivity contribution in [2.24, 2.45) is 5.92 Å². The van der Waals surface area contributed by atoms with Crippen LogP contribution in [0.25, 0.3) is 4.96 Å². The van der Waals surface area contributed by atoms with Crippen LogP contribution in [-0.4, -0.2) is 40.0 Å². The van der Waals surface area contributed by atoms with Crippen molar-refractivity contribution in [3.63, 3.8) is 0 Å². The number of rotatable bonds is 4. The number of fused-ring (bicyclic) bond motifs is 1. The molecule has 1 saturated heterocycles. The molecule has 2 amide bonds. The standard InChI is InChI=1S/C18H20N6O2S/c25-16-14(11-21-18-24(16)8-9-27-18)22-17(26)20-10-13-4-3-7-23(12-13)15-5-1-2-6-19-15/h1-2,5-6,8-9,11,13H,3-4,7,10,12H2,(H2,20,22,26)/t13-/m1/s1. The molecule has 1 aliphatic rings. The van der Waals surface area contributed by atoms with Gasteiger partial charge in [-0.25, -0.2) is 14.8 Å². The summed E-state index contributed by atoms with van der Waals surface area (Å²) >= 11 is 1.37. The lowest BCUT2D eigenvalue weighted by Crippen LogP contribution is -2.42. The molecule has 27 heavy (non-hydrogen) atoms. The van der Waals surface area contributed by atoms with Crippen LogP contribution in [0.3, 0.4) is 0 Å². The van der Waals surface area contributed by atoms with Crippen LogP contribution in [-0.2, 0) is 0 Å². The van der Waals surface area contributed by atoms with E-state index in [0.717, 1.165) is 31.7 Å². The molecule has 0 saturated carbocycles. The van der Waals surface area contributed by atoms with Crippen molar-refractivity contribution in [1.82, 2.24) is 19.7 Å². The van der Waals surface area contributed by atoms with Crippen LogP contribution >= 0.6 is 11.3 Å². The molecule has 0 aromatic carbocycles. The predicted octanol–water partition coefficient (Wildman–Crippen LogP) is 2.19. The monoisotopic (exact) mass is 384 g/mol. The Hall–Kier alpha value is -2.94. The van der Waals surface area contributed by atoms with Gasteiger partial charge in [-0.1, -0.05) is 6.07 Å². The summed E-state index contributed by atoms with van der Waals surface area (Å²) in [7, 11) is 0. The van der Waals surface area contributed by atoms with Crippen LogP contribution in [0.1, 0.15) is 12.8 Å². The third-order valence-electron chi connectivity index (χ3n) is 4.63. The van der Waals surface area contributed by atoms with Gasteiger partial charge in [0.15, 0.2) is 4.96 Å². The van der Waals surface area contributed by atoms with Crippen LogP contribution in [0, 0.1) is 5.92 Å². The number of carbonyl (C=O) groups is 1. The van der Waals surface area contributed by atoms with E-state index in [0.29, 0.717) is 17.4 Å². The Morgan fingerprint density at radius 2 is 2.26 bits per heavy atom. The van der Waals surface area contributed by atoms with Gasteiger partial charge in [0.25, 0.3) is 5.56 Å². The van der Waals surface area contributed by atoms with Gasteiger partial charge >= 0.3 is 6.03 Å². The molecular weight excluding hydrogens is 364 g/mol. The first kappa shape index (κ1) is 17.5. The summed E-state index contributed by atoms with van der Waals surface area (Å²) < 4.78 is 1.42. The van der Waals surface area contributed by atoms with Gasteiger partial charge in [-0.3, -0.25) is 9.20 Å². The third kappa shape index (κ3) is 3.92. The Morgan fingerprint density at radius 3 is 3.11 bits per heavy atom. The van der Waals surface area contributed by atoms with Gasteiger partial charge in [0.1, 0.15) is 11.5 Å². The number of thiazole rings is 1. The second-order valence-corrected chi connectivity index (χ2v) is 7.38. The van der Waals surface area contributed by atoms with E-state index in [1.807, 2.05) is 18.2 Å². The van der Waals surface area contributed by atoms with Crippen LogP contribution in [0.2, 0.25) is 0 Å². The van der Waals surface area contributed by atoms with E-state index in [9.17, 15) is 9.59 Å². The van der Waals surface area contributed by atoms with E-state index in [-0.39, 0.29) is 17.3 Å². The Morgan fingerprint density at radius 1 is 1.33 bits per heavy atom. The van der Waals surface area contributed by atoms with Gasteiger partial charge in [0.05, 0.1) is 6.20 Å². The molecule has 1 atom stereocenters. The number of pyridine rings is 1. The van der Waals surface area contributed by atoms with Crippen LogP contribution in [0.15, 0.2) is 47.0 Å². The lowest BCUT2D eigenvalue weighted by Gasteiger charge is -2.33. The lowest BCUT2D eigenvalue weighted by atomic mass is 9.98. The highest BCUT2D eigenvalue weighted by Gasteiger charge is 2.21. The van der Waals surface area contributed by atoms with Crippen LogP contribution < -0.4 is 21.1 Å². The van der Waals surface area contributed by atoms with E-state index in [2.05, 4.69) is 25.5 Å². The van der Waals surface area contributed by atoms with Crippen LogP contribution in [0.5, 0.6) is 0 Å². The fraction of sp³-hybridized carbons (Fsp3) is 0.333. The van der Waals surface area contributed by atoms with Crippen molar-refractivity contribution >= 4 is 33.8 Å². The Labute approximate surface area is 159 Å². The first-order chi connectivity index (χ1) is 13.2. The Bertz CT molecular complexity index is 986. The highest BCUT2D eigenvalue weighted by Crippen LogP contribution is 2.20. The highest BCUT2D eigenvalue weighted by molar-refractivity contribution is 7.15. The molecular formula is C18H20N6O2S. The lowest BCUT2D eigenvalue weighted by molar-refractivity contribution is 0.249. The van der Waals surface area contributed by atoms with E-state index in [1.54, 1.807) is 17.8 Å². The highest BCUT2D eigenvalue weighted by atomic mass is 32.1. The SMILES string of the molecule is O=C(NC[C@H]1CCCN(c2ccccn2)C1)Nc1cnc2sccn2c1=O. The number of urea groups is 1. The summed E-state index contributed by atoms with van der Waals surface area (Å²) in [6, 6.07) is 5.50. The van der Waals surface area contributed by atoms with Crippen molar-refractivity contribution < 1.29 is 4.79 Å². The van der Waals surface area contributed by atoms with Gasteiger partial charge in [-0.05, 0) is 30.9 Å². The van der Waals surface area contributed by atoms with Crippen molar-refractivity contribution in [2.75, 3.05) is 29.9 Å². The maximum Gasteiger partial charge on any atom is 0.319 e. The number of amides is 2. The molecule has 9 heteroatoms. The largest absolute Gasteiger partial charge is 0.356 e. The van der Waals surface area contributed by atoms with E-state index >= 15 is 0 Å². The summed E-state index contributed by atoms with van der Waals surface area (Å²) in [5.41, 5.74) is -0.113. The average Bonchev–Trinajstić information content (AvgIpc) is 3.19. The molecule has 0 unspecified atom stereocenters. The summed E-state index contributed by atoms with van der Waals surface area (Å²) in [6.45, 7) is 2.37. The van der Waals surface area contributed by atoms with E-state index in [4.69, 9.17) is 0 Å². The summed E-state index contributed by atoms with van der Waals surface area (Å²) in [6.07, 6.45) is 6.95. The zero-order chi connectivity index (χ0) is 18.6. The first-order valence-electron chi connectivity index (χ1n) is 8.86. The number of hydrogen-bond donors (Lipinski definition) is 2. The van der Waals surface area contributed by atoms with Gasteiger partial charge in [-0.15, -0.1) is 11.3 Å². The molecule has 2 N–H and O–H groups in total. The second kappa shape index (κ2) is 7.75. The third-order valence-corrected chi connectivity index (χ3v) is 5.41. The minimum Gasteiger partial charge on any atom is -0.356 e. The smallest absolute Gasteiger partial charge is 0.319 e. The van der Waals surface area contributed by atoms with E-state index < -0.39 is 0 Å². The molecule has 0 spiro atoms. The fourth-order valence-electron chi connectivity index (χ4n) is 3.29. The quantitative estimate of drug-likeness (QED) is 0.719.